The molecule has 0 saturated heterocycles. The molecule has 5 heteroatoms. The number of halogens is 1. The SMILES string of the molecule is NC(=S)c1cc(F)cc(Cn2ccc(=O)cc2)c1. The molecule has 2 aromatic rings. The molecule has 0 amide bonds. The normalized spacial score (nSPS) is 10.3. The van der Waals surface area contributed by atoms with Gasteiger partial charge in [0.1, 0.15) is 10.8 Å². The first-order valence-electron chi connectivity index (χ1n) is 5.30. The van der Waals surface area contributed by atoms with Crippen LogP contribution in [0.5, 0.6) is 0 Å². The van der Waals surface area contributed by atoms with E-state index >= 15 is 0 Å². The van der Waals surface area contributed by atoms with Gasteiger partial charge in [-0.2, -0.15) is 0 Å². The zero-order valence-corrected chi connectivity index (χ0v) is 10.3. The number of hydrogen-bond acceptors (Lipinski definition) is 2. The fourth-order valence-corrected chi connectivity index (χ4v) is 1.76. The third kappa shape index (κ3) is 3.01. The first-order chi connectivity index (χ1) is 8.54. The van der Waals surface area contributed by atoms with Crippen molar-refractivity contribution in [1.82, 2.24) is 4.57 Å². The maximum absolute atomic E-state index is 13.4. The van der Waals surface area contributed by atoms with E-state index in [9.17, 15) is 9.18 Å². The van der Waals surface area contributed by atoms with Gasteiger partial charge in [-0.05, 0) is 23.8 Å². The van der Waals surface area contributed by atoms with E-state index in [2.05, 4.69) is 0 Å². The van der Waals surface area contributed by atoms with Crippen molar-refractivity contribution < 1.29 is 4.39 Å². The van der Waals surface area contributed by atoms with Crippen LogP contribution in [0.3, 0.4) is 0 Å². The van der Waals surface area contributed by atoms with Crippen molar-refractivity contribution in [3.05, 3.63) is 69.9 Å². The van der Waals surface area contributed by atoms with Gasteiger partial charge in [0.25, 0.3) is 0 Å². The van der Waals surface area contributed by atoms with E-state index in [0.717, 1.165) is 5.56 Å². The average Bonchev–Trinajstić information content (AvgIpc) is 2.31. The predicted octanol–water partition coefficient (Wildman–Crippen LogP) is 1.67. The molecule has 0 aliphatic rings. The monoisotopic (exact) mass is 262 g/mol. The highest BCUT2D eigenvalue weighted by molar-refractivity contribution is 7.80. The van der Waals surface area contributed by atoms with Gasteiger partial charge in [-0.15, -0.1) is 0 Å². The second kappa shape index (κ2) is 5.10. The summed E-state index contributed by atoms with van der Waals surface area (Å²) in [5.41, 5.74) is 6.66. The van der Waals surface area contributed by atoms with Crippen molar-refractivity contribution >= 4 is 17.2 Å². The molecule has 0 aliphatic heterocycles. The summed E-state index contributed by atoms with van der Waals surface area (Å²) in [6, 6.07) is 7.36. The molecule has 0 saturated carbocycles. The molecule has 0 atom stereocenters. The number of thiocarbonyl (C=S) groups is 1. The first-order valence-corrected chi connectivity index (χ1v) is 5.71. The van der Waals surface area contributed by atoms with E-state index in [4.69, 9.17) is 18.0 Å². The molecule has 18 heavy (non-hydrogen) atoms. The van der Waals surface area contributed by atoms with Gasteiger partial charge in [0.2, 0.25) is 0 Å². The molecule has 3 nitrogen and oxygen atoms in total. The van der Waals surface area contributed by atoms with E-state index in [0.29, 0.717) is 12.1 Å². The van der Waals surface area contributed by atoms with E-state index in [-0.39, 0.29) is 16.2 Å². The van der Waals surface area contributed by atoms with Crippen molar-refractivity contribution in [3.8, 4) is 0 Å². The number of hydrogen-bond donors (Lipinski definition) is 1. The second-order valence-electron chi connectivity index (χ2n) is 3.92. The van der Waals surface area contributed by atoms with Crippen LogP contribution < -0.4 is 11.2 Å². The molecule has 0 bridgehead atoms. The van der Waals surface area contributed by atoms with Crippen LogP contribution in [-0.2, 0) is 6.54 Å². The molecule has 0 aliphatic carbocycles. The number of rotatable bonds is 3. The summed E-state index contributed by atoms with van der Waals surface area (Å²) < 4.78 is 15.2. The van der Waals surface area contributed by atoms with Gasteiger partial charge in [0.05, 0.1) is 0 Å². The average molecular weight is 262 g/mol. The Kier molecular flexibility index (Phi) is 3.53. The van der Waals surface area contributed by atoms with E-state index in [1.807, 2.05) is 0 Å². The van der Waals surface area contributed by atoms with Crippen molar-refractivity contribution in [2.45, 2.75) is 6.54 Å². The Morgan fingerprint density at radius 3 is 2.56 bits per heavy atom. The van der Waals surface area contributed by atoms with Gasteiger partial charge >= 0.3 is 0 Å². The van der Waals surface area contributed by atoms with E-state index in [1.54, 1.807) is 23.0 Å². The van der Waals surface area contributed by atoms with Crippen molar-refractivity contribution in [3.63, 3.8) is 0 Å². The Morgan fingerprint density at radius 2 is 1.94 bits per heavy atom. The zero-order valence-electron chi connectivity index (χ0n) is 9.47. The topological polar surface area (TPSA) is 48.0 Å². The molecule has 0 fully saturated rings. The standard InChI is InChI=1S/C13H11FN2OS/c14-11-6-9(5-10(7-11)13(15)18)8-16-3-1-12(17)2-4-16/h1-7H,8H2,(H2,15,18). The van der Waals surface area contributed by atoms with Crippen LogP contribution >= 0.6 is 12.2 Å². The summed E-state index contributed by atoms with van der Waals surface area (Å²) in [4.78, 5) is 11.1. The second-order valence-corrected chi connectivity index (χ2v) is 4.36. The lowest BCUT2D eigenvalue weighted by Gasteiger charge is -2.08. The number of benzene rings is 1. The maximum Gasteiger partial charge on any atom is 0.181 e. The fraction of sp³-hybridized carbons (Fsp3) is 0.0769. The molecule has 0 unspecified atom stereocenters. The minimum absolute atomic E-state index is 0.0608. The minimum atomic E-state index is -0.378. The summed E-state index contributed by atoms with van der Waals surface area (Å²) in [5, 5.41) is 0. The summed E-state index contributed by atoms with van der Waals surface area (Å²) in [6.45, 7) is 0.452. The third-order valence-corrected chi connectivity index (χ3v) is 2.70. The van der Waals surface area contributed by atoms with Gasteiger partial charge in [-0.1, -0.05) is 12.2 Å². The largest absolute Gasteiger partial charge is 0.389 e. The molecule has 1 heterocycles. The predicted molar refractivity (Wildman–Crippen MR) is 72.1 cm³/mol. The van der Waals surface area contributed by atoms with Crippen LogP contribution in [0.25, 0.3) is 0 Å². The Hall–Kier alpha value is -2.01. The minimum Gasteiger partial charge on any atom is -0.389 e. The number of pyridine rings is 1. The Morgan fingerprint density at radius 1 is 1.28 bits per heavy atom. The first kappa shape index (κ1) is 12.4. The Balaban J connectivity index is 2.31. The van der Waals surface area contributed by atoms with Crippen LogP contribution in [0.15, 0.2) is 47.5 Å². The lowest BCUT2D eigenvalue weighted by molar-refractivity contribution is 0.623. The molecular weight excluding hydrogens is 251 g/mol. The molecule has 0 radical (unpaired) electrons. The lowest BCUT2D eigenvalue weighted by atomic mass is 10.1. The molecule has 1 aromatic heterocycles. The van der Waals surface area contributed by atoms with E-state index < -0.39 is 0 Å². The van der Waals surface area contributed by atoms with Crippen molar-refractivity contribution in [2.75, 3.05) is 0 Å². The van der Waals surface area contributed by atoms with Crippen LogP contribution in [0.4, 0.5) is 4.39 Å². The summed E-state index contributed by atoms with van der Waals surface area (Å²) in [5.74, 6) is -0.378. The quantitative estimate of drug-likeness (QED) is 0.856. The van der Waals surface area contributed by atoms with Crippen molar-refractivity contribution in [1.29, 1.82) is 0 Å². The summed E-state index contributed by atoms with van der Waals surface area (Å²) in [7, 11) is 0. The highest BCUT2D eigenvalue weighted by Crippen LogP contribution is 2.10. The van der Waals surface area contributed by atoms with Crippen LogP contribution in [-0.4, -0.2) is 9.56 Å². The molecule has 92 valence electrons. The van der Waals surface area contributed by atoms with Gasteiger partial charge in [0, 0.05) is 36.6 Å². The summed E-state index contributed by atoms with van der Waals surface area (Å²) >= 11 is 4.83. The highest BCUT2D eigenvalue weighted by Gasteiger charge is 2.03. The van der Waals surface area contributed by atoms with Gasteiger partial charge in [-0.3, -0.25) is 4.79 Å². The van der Waals surface area contributed by atoms with Gasteiger partial charge in [-0.25, -0.2) is 4.39 Å². The molecule has 2 rings (SSSR count). The van der Waals surface area contributed by atoms with Gasteiger partial charge in [0.15, 0.2) is 5.43 Å². The lowest BCUT2D eigenvalue weighted by Crippen LogP contribution is -2.11. The van der Waals surface area contributed by atoms with E-state index in [1.165, 1.54) is 24.3 Å². The molecule has 0 spiro atoms. The van der Waals surface area contributed by atoms with Crippen LogP contribution in [0.1, 0.15) is 11.1 Å². The third-order valence-electron chi connectivity index (χ3n) is 2.47. The number of aromatic nitrogens is 1. The Labute approximate surface area is 109 Å². The highest BCUT2D eigenvalue weighted by atomic mass is 32.1. The molecule has 2 N–H and O–H groups in total. The van der Waals surface area contributed by atoms with Gasteiger partial charge < -0.3 is 10.3 Å². The van der Waals surface area contributed by atoms with Crippen LogP contribution in [0.2, 0.25) is 0 Å². The Bertz CT molecular complexity index is 631. The molecule has 1 aromatic carbocycles. The summed E-state index contributed by atoms with van der Waals surface area (Å²) in [6.07, 6.45) is 3.29. The zero-order chi connectivity index (χ0) is 13.1. The molecular formula is C13H11FN2OS. The number of nitrogens with zero attached hydrogens (tertiary/aromatic N) is 1. The van der Waals surface area contributed by atoms with Crippen molar-refractivity contribution in [2.24, 2.45) is 5.73 Å². The van der Waals surface area contributed by atoms with Crippen LogP contribution in [0, 0.1) is 5.82 Å². The maximum atomic E-state index is 13.4. The fourth-order valence-electron chi connectivity index (χ4n) is 1.64. The smallest absolute Gasteiger partial charge is 0.181 e. The number of nitrogens with two attached hydrogens (primary N) is 1.